The molecule has 0 saturated carbocycles. The molecule has 2 unspecified atom stereocenters. The molecule has 0 spiro atoms. The minimum atomic E-state index is -0.273. The Morgan fingerprint density at radius 1 is 0.833 bits per heavy atom. The van der Waals surface area contributed by atoms with Crippen molar-refractivity contribution >= 4 is 0 Å². The molecule has 2 atom stereocenters. The molecule has 3 rings (SSSR count). The van der Waals surface area contributed by atoms with Crippen molar-refractivity contribution in [1.29, 1.82) is 0 Å². The molecule has 1 aromatic carbocycles. The van der Waals surface area contributed by atoms with E-state index in [0.29, 0.717) is 6.61 Å². The average molecular weight is 419 g/mol. The van der Waals surface area contributed by atoms with Crippen molar-refractivity contribution in [2.75, 3.05) is 33.0 Å². The lowest BCUT2D eigenvalue weighted by atomic mass is 9.67. The Labute approximate surface area is 183 Å². The number of ether oxygens (including phenoxy) is 4. The van der Waals surface area contributed by atoms with Gasteiger partial charge in [-0.25, -0.2) is 0 Å². The maximum Gasteiger partial charge on any atom is 0.0901 e. The van der Waals surface area contributed by atoms with Crippen LogP contribution in [0.3, 0.4) is 0 Å². The van der Waals surface area contributed by atoms with Crippen LogP contribution in [0.2, 0.25) is 0 Å². The molecule has 2 saturated heterocycles. The lowest BCUT2D eigenvalue weighted by Crippen LogP contribution is -2.59. The Morgan fingerprint density at radius 3 is 1.87 bits per heavy atom. The number of hydrogen-bond donors (Lipinski definition) is 0. The molecule has 0 N–H and O–H groups in total. The van der Waals surface area contributed by atoms with Gasteiger partial charge in [-0.15, -0.1) is 0 Å². The fourth-order valence-corrected chi connectivity index (χ4v) is 4.54. The monoisotopic (exact) mass is 418 g/mol. The van der Waals surface area contributed by atoms with Crippen molar-refractivity contribution in [2.45, 2.75) is 85.0 Å². The molecule has 0 bridgehead atoms. The van der Waals surface area contributed by atoms with E-state index in [-0.39, 0.29) is 22.0 Å². The molecule has 2 aliphatic heterocycles. The highest BCUT2D eigenvalue weighted by atomic mass is 16.5. The molecule has 0 radical (unpaired) electrons. The summed E-state index contributed by atoms with van der Waals surface area (Å²) < 4.78 is 24.0. The predicted octanol–water partition coefficient (Wildman–Crippen LogP) is 5.87. The maximum absolute atomic E-state index is 6.52. The van der Waals surface area contributed by atoms with Gasteiger partial charge in [-0.2, -0.15) is 0 Å². The van der Waals surface area contributed by atoms with E-state index in [1.807, 2.05) is 0 Å². The molecule has 2 aliphatic rings. The summed E-state index contributed by atoms with van der Waals surface area (Å²) in [6, 6.07) is 8.81. The standard InChI is InChI=1S/C26H42O4/c1-7-23(5,30-18-25(9-3)16-27-17-25)22-13-11-21(12-14-22)15-29-24(6,8-2)26(10-4)19-28-20-26/h11-14H,7-10,15-20H2,1-6H3. The van der Waals surface area contributed by atoms with Gasteiger partial charge in [0.2, 0.25) is 0 Å². The third-order valence-electron chi connectivity index (χ3n) is 8.29. The Hall–Kier alpha value is -0.940. The number of hydrogen-bond acceptors (Lipinski definition) is 4. The van der Waals surface area contributed by atoms with Gasteiger partial charge in [0, 0.05) is 10.8 Å². The van der Waals surface area contributed by atoms with Crippen LogP contribution in [0.1, 0.15) is 78.4 Å². The summed E-state index contributed by atoms with van der Waals surface area (Å²) in [6.45, 7) is 18.0. The average Bonchev–Trinajstić information content (AvgIpc) is 2.71. The topological polar surface area (TPSA) is 36.9 Å². The lowest BCUT2D eigenvalue weighted by molar-refractivity contribution is -0.241. The van der Waals surface area contributed by atoms with Gasteiger partial charge in [-0.05, 0) is 50.7 Å². The molecular weight excluding hydrogens is 376 g/mol. The smallest absolute Gasteiger partial charge is 0.0901 e. The summed E-state index contributed by atoms with van der Waals surface area (Å²) >= 11 is 0. The summed E-state index contributed by atoms with van der Waals surface area (Å²) in [5.41, 5.74) is 2.37. The second-order valence-corrected chi connectivity index (χ2v) is 9.92. The second kappa shape index (κ2) is 9.28. The fraction of sp³-hybridized carbons (Fsp3) is 0.769. The largest absolute Gasteiger partial charge is 0.380 e. The van der Waals surface area contributed by atoms with Crippen LogP contribution in [0.4, 0.5) is 0 Å². The second-order valence-electron chi connectivity index (χ2n) is 9.92. The van der Waals surface area contributed by atoms with Crippen molar-refractivity contribution in [1.82, 2.24) is 0 Å². The lowest BCUT2D eigenvalue weighted by Gasteiger charge is -2.53. The van der Waals surface area contributed by atoms with Crippen LogP contribution < -0.4 is 0 Å². The van der Waals surface area contributed by atoms with Gasteiger partial charge in [0.15, 0.2) is 0 Å². The van der Waals surface area contributed by atoms with Gasteiger partial charge < -0.3 is 18.9 Å². The van der Waals surface area contributed by atoms with Gasteiger partial charge in [-0.3, -0.25) is 0 Å². The molecule has 170 valence electrons. The van der Waals surface area contributed by atoms with Crippen LogP contribution in [-0.4, -0.2) is 38.6 Å². The SMILES string of the molecule is CCC1(COC(C)(CC)c2ccc(COC(C)(CC)C3(CC)COC3)cc2)COC1. The molecule has 2 heterocycles. The fourth-order valence-electron chi connectivity index (χ4n) is 4.54. The molecule has 4 nitrogen and oxygen atoms in total. The van der Waals surface area contributed by atoms with Gasteiger partial charge in [0.05, 0.1) is 50.8 Å². The summed E-state index contributed by atoms with van der Waals surface area (Å²) in [4.78, 5) is 0. The molecule has 1 aromatic rings. The minimum Gasteiger partial charge on any atom is -0.380 e. The van der Waals surface area contributed by atoms with Crippen molar-refractivity contribution in [3.8, 4) is 0 Å². The van der Waals surface area contributed by atoms with Crippen LogP contribution in [-0.2, 0) is 31.2 Å². The van der Waals surface area contributed by atoms with E-state index in [2.05, 4.69) is 65.8 Å². The van der Waals surface area contributed by atoms with Crippen molar-refractivity contribution in [3.63, 3.8) is 0 Å². The Bertz CT molecular complexity index is 666. The van der Waals surface area contributed by atoms with E-state index in [4.69, 9.17) is 18.9 Å². The summed E-state index contributed by atoms with van der Waals surface area (Å²) in [5.74, 6) is 0. The zero-order chi connectivity index (χ0) is 21.9. The van der Waals surface area contributed by atoms with Gasteiger partial charge in [-0.1, -0.05) is 52.0 Å². The van der Waals surface area contributed by atoms with Crippen LogP contribution in [0.15, 0.2) is 24.3 Å². The van der Waals surface area contributed by atoms with E-state index >= 15 is 0 Å². The van der Waals surface area contributed by atoms with E-state index in [0.717, 1.165) is 58.7 Å². The number of rotatable bonds is 12. The van der Waals surface area contributed by atoms with E-state index in [1.54, 1.807) is 0 Å². The first-order chi connectivity index (χ1) is 14.3. The third-order valence-corrected chi connectivity index (χ3v) is 8.29. The van der Waals surface area contributed by atoms with Crippen molar-refractivity contribution in [2.24, 2.45) is 10.8 Å². The Morgan fingerprint density at radius 2 is 1.47 bits per heavy atom. The Kier molecular flexibility index (Phi) is 7.33. The van der Waals surface area contributed by atoms with Crippen molar-refractivity contribution in [3.05, 3.63) is 35.4 Å². The van der Waals surface area contributed by atoms with Gasteiger partial charge in [0.1, 0.15) is 0 Å². The quantitative estimate of drug-likeness (QED) is 0.425. The maximum atomic E-state index is 6.52. The normalized spacial score (nSPS) is 23.7. The highest BCUT2D eigenvalue weighted by Gasteiger charge is 2.52. The zero-order valence-electron chi connectivity index (χ0n) is 20.0. The third kappa shape index (κ3) is 4.34. The summed E-state index contributed by atoms with van der Waals surface area (Å²) in [6.07, 6.45) is 4.12. The molecule has 30 heavy (non-hydrogen) atoms. The van der Waals surface area contributed by atoms with Gasteiger partial charge in [0.25, 0.3) is 0 Å². The summed E-state index contributed by atoms with van der Waals surface area (Å²) in [5, 5.41) is 0. The highest BCUT2D eigenvalue weighted by Crippen LogP contribution is 2.46. The molecule has 0 amide bonds. The Balaban J connectivity index is 1.63. The predicted molar refractivity (Wildman–Crippen MR) is 121 cm³/mol. The molecule has 0 aromatic heterocycles. The minimum absolute atomic E-state index is 0.150. The van der Waals surface area contributed by atoms with Gasteiger partial charge >= 0.3 is 0 Å². The first-order valence-electron chi connectivity index (χ1n) is 11.8. The molecule has 0 aliphatic carbocycles. The van der Waals surface area contributed by atoms with E-state index in [1.165, 1.54) is 11.1 Å². The molecule has 4 heteroatoms. The van der Waals surface area contributed by atoms with Crippen LogP contribution in [0.5, 0.6) is 0 Å². The highest BCUT2D eigenvalue weighted by molar-refractivity contribution is 5.27. The molecule has 2 fully saturated rings. The van der Waals surface area contributed by atoms with Crippen LogP contribution in [0, 0.1) is 10.8 Å². The number of benzene rings is 1. The van der Waals surface area contributed by atoms with E-state index in [9.17, 15) is 0 Å². The first-order valence-corrected chi connectivity index (χ1v) is 11.8. The van der Waals surface area contributed by atoms with Crippen molar-refractivity contribution < 1.29 is 18.9 Å². The van der Waals surface area contributed by atoms with Crippen LogP contribution >= 0.6 is 0 Å². The zero-order valence-corrected chi connectivity index (χ0v) is 20.0. The molecular formula is C26H42O4. The van der Waals surface area contributed by atoms with Crippen LogP contribution in [0.25, 0.3) is 0 Å². The summed E-state index contributed by atoms with van der Waals surface area (Å²) in [7, 11) is 0. The first kappa shape index (κ1) is 23.7. The van der Waals surface area contributed by atoms with E-state index < -0.39 is 0 Å².